The Labute approximate surface area is 217 Å². The van der Waals surface area contributed by atoms with E-state index in [4.69, 9.17) is 9.47 Å². The van der Waals surface area contributed by atoms with Crippen molar-refractivity contribution in [2.75, 3.05) is 26.2 Å². The number of rotatable bonds is 3. The molecule has 190 valence electrons. The van der Waals surface area contributed by atoms with Crippen LogP contribution in [0.4, 0.5) is 4.79 Å². The Kier molecular flexibility index (Phi) is 6.20. The lowest BCUT2D eigenvalue weighted by atomic mass is 10.0. The molecule has 6 rings (SSSR count). The molecule has 2 aliphatic heterocycles. The summed E-state index contributed by atoms with van der Waals surface area (Å²) in [6.07, 6.45) is 1.80. The van der Waals surface area contributed by atoms with Crippen molar-refractivity contribution in [2.45, 2.75) is 39.3 Å². The second-order valence-corrected chi connectivity index (χ2v) is 10.0. The summed E-state index contributed by atoms with van der Waals surface area (Å²) < 4.78 is 12.2. The zero-order valence-corrected chi connectivity index (χ0v) is 21.4. The number of carbonyl (C=O) groups is 1. The van der Waals surface area contributed by atoms with Gasteiger partial charge in [0.05, 0.1) is 24.1 Å². The average molecular weight is 497 g/mol. The highest BCUT2D eigenvalue weighted by atomic mass is 16.5. The molecule has 3 heterocycles. The van der Waals surface area contributed by atoms with E-state index in [0.29, 0.717) is 32.8 Å². The second kappa shape index (κ2) is 9.81. The molecular formula is C30H32N4O3. The van der Waals surface area contributed by atoms with Crippen LogP contribution < -0.4 is 9.47 Å². The van der Waals surface area contributed by atoms with Crippen LogP contribution in [0.1, 0.15) is 29.8 Å². The molecule has 0 saturated carbocycles. The normalized spacial score (nSPS) is 16.3. The smallest absolute Gasteiger partial charge is 0.320 e. The van der Waals surface area contributed by atoms with Crippen LogP contribution in [0.5, 0.6) is 11.5 Å². The number of urea groups is 1. The van der Waals surface area contributed by atoms with Gasteiger partial charge in [0.15, 0.2) is 0 Å². The van der Waals surface area contributed by atoms with Crippen molar-refractivity contribution in [2.24, 2.45) is 0 Å². The van der Waals surface area contributed by atoms with Crippen LogP contribution in [-0.4, -0.2) is 58.1 Å². The summed E-state index contributed by atoms with van der Waals surface area (Å²) in [5, 5.41) is 0. The van der Waals surface area contributed by atoms with Crippen molar-refractivity contribution in [1.29, 1.82) is 0 Å². The first kappa shape index (κ1) is 23.4. The number of ether oxygens (including phenoxy) is 2. The molecule has 37 heavy (non-hydrogen) atoms. The van der Waals surface area contributed by atoms with Gasteiger partial charge in [-0.25, -0.2) is 9.78 Å². The van der Waals surface area contributed by atoms with Crippen molar-refractivity contribution in [3.8, 4) is 22.6 Å². The van der Waals surface area contributed by atoms with Gasteiger partial charge in [0.25, 0.3) is 0 Å². The number of carbonyl (C=O) groups excluding carboxylic acids is 1. The lowest BCUT2D eigenvalue weighted by Gasteiger charge is -2.35. The Morgan fingerprint density at radius 2 is 1.70 bits per heavy atom. The number of piperidine rings is 1. The lowest BCUT2D eigenvalue weighted by molar-refractivity contribution is 0.0922. The predicted octanol–water partition coefficient (Wildman–Crippen LogP) is 5.70. The number of aromatic amines is 1. The van der Waals surface area contributed by atoms with Gasteiger partial charge >= 0.3 is 6.03 Å². The quantitative estimate of drug-likeness (QED) is 0.395. The largest absolute Gasteiger partial charge is 0.491 e. The molecule has 4 aromatic rings. The number of fused-ring (bicyclic) bond motifs is 2. The van der Waals surface area contributed by atoms with E-state index in [1.54, 1.807) is 0 Å². The molecule has 0 atom stereocenters. The van der Waals surface area contributed by atoms with Crippen molar-refractivity contribution < 1.29 is 14.3 Å². The maximum Gasteiger partial charge on any atom is 0.320 e. The maximum atomic E-state index is 13.5. The van der Waals surface area contributed by atoms with E-state index < -0.39 is 0 Å². The predicted molar refractivity (Wildman–Crippen MR) is 144 cm³/mol. The average Bonchev–Trinajstić information content (AvgIpc) is 3.15. The first-order valence-electron chi connectivity index (χ1n) is 13.0. The number of likely N-dealkylation sites (tertiary alicyclic amines) is 1. The van der Waals surface area contributed by atoms with Gasteiger partial charge in [-0.2, -0.15) is 0 Å². The van der Waals surface area contributed by atoms with Gasteiger partial charge in [-0.05, 0) is 61.4 Å². The van der Waals surface area contributed by atoms with Gasteiger partial charge in [0.2, 0.25) is 0 Å². The third-order valence-electron chi connectivity index (χ3n) is 7.28. The monoisotopic (exact) mass is 496 g/mol. The summed E-state index contributed by atoms with van der Waals surface area (Å²) in [4.78, 5) is 25.2. The number of hydrogen-bond acceptors (Lipinski definition) is 4. The third-order valence-corrected chi connectivity index (χ3v) is 7.28. The molecule has 7 nitrogen and oxygen atoms in total. The molecule has 7 heteroatoms. The van der Waals surface area contributed by atoms with Crippen molar-refractivity contribution in [3.63, 3.8) is 0 Å². The number of nitrogens with one attached hydrogen (secondary N) is 1. The first-order valence-corrected chi connectivity index (χ1v) is 13.0. The Hall–Kier alpha value is -4.00. The Morgan fingerprint density at radius 1 is 0.946 bits per heavy atom. The lowest BCUT2D eigenvalue weighted by Crippen LogP contribution is -2.48. The van der Waals surface area contributed by atoms with Crippen LogP contribution in [0.15, 0.2) is 60.7 Å². The zero-order valence-electron chi connectivity index (χ0n) is 21.4. The highest BCUT2D eigenvalue weighted by Crippen LogP contribution is 2.31. The molecule has 1 aromatic heterocycles. The first-order chi connectivity index (χ1) is 18.0. The maximum absolute atomic E-state index is 13.5. The number of amides is 2. The molecule has 0 radical (unpaired) electrons. The van der Waals surface area contributed by atoms with Crippen LogP contribution in [0.3, 0.4) is 0 Å². The van der Waals surface area contributed by atoms with Crippen LogP contribution in [0, 0.1) is 13.8 Å². The second-order valence-electron chi connectivity index (χ2n) is 10.0. The summed E-state index contributed by atoms with van der Waals surface area (Å²) in [6.45, 7) is 7.03. The number of benzene rings is 3. The number of H-pyrrole nitrogens is 1. The van der Waals surface area contributed by atoms with Crippen molar-refractivity contribution in [3.05, 3.63) is 77.6 Å². The van der Waals surface area contributed by atoms with E-state index in [9.17, 15) is 4.79 Å². The van der Waals surface area contributed by atoms with Gasteiger partial charge in [0, 0.05) is 31.5 Å². The SMILES string of the molecule is Cc1ccc(OC2CCN(C(=O)N3CCOc4ccc(-c5ccc6nc(C)[nH]c6c5)cc4C3)CC2)cc1. The van der Waals surface area contributed by atoms with Crippen LogP contribution >= 0.6 is 0 Å². The summed E-state index contributed by atoms with van der Waals surface area (Å²) in [7, 11) is 0. The molecule has 2 aliphatic rings. The Morgan fingerprint density at radius 3 is 2.51 bits per heavy atom. The van der Waals surface area contributed by atoms with E-state index in [0.717, 1.165) is 57.9 Å². The number of aromatic nitrogens is 2. The number of nitrogens with zero attached hydrogens (tertiary/aromatic N) is 3. The van der Waals surface area contributed by atoms with Crippen LogP contribution in [0.25, 0.3) is 22.2 Å². The van der Waals surface area contributed by atoms with Gasteiger partial charge in [0.1, 0.15) is 30.0 Å². The van der Waals surface area contributed by atoms with E-state index in [1.165, 1.54) is 5.56 Å². The fourth-order valence-corrected chi connectivity index (χ4v) is 5.23. The standard InChI is InChI=1S/C30H32N4O3/c1-20-3-7-25(8-4-20)37-26-11-13-33(14-12-26)30(35)34-15-16-36-29-10-6-22(17-24(29)19-34)23-5-9-27-28(18-23)32-21(2)31-27/h3-10,17-18,26H,11-16,19H2,1-2H3,(H,31,32). The fraction of sp³-hybridized carbons (Fsp3) is 0.333. The molecule has 0 bridgehead atoms. The minimum absolute atomic E-state index is 0.0741. The zero-order chi connectivity index (χ0) is 25.4. The molecule has 0 spiro atoms. The van der Waals surface area contributed by atoms with Gasteiger partial charge in [-0.15, -0.1) is 0 Å². The van der Waals surface area contributed by atoms with Crippen molar-refractivity contribution in [1.82, 2.24) is 19.8 Å². The highest BCUT2D eigenvalue weighted by molar-refractivity contribution is 5.82. The minimum atomic E-state index is 0.0741. The van der Waals surface area contributed by atoms with E-state index >= 15 is 0 Å². The third kappa shape index (κ3) is 4.99. The molecule has 0 aliphatic carbocycles. The summed E-state index contributed by atoms with van der Waals surface area (Å²) in [6, 6.07) is 20.7. The topological polar surface area (TPSA) is 70.7 Å². The van der Waals surface area contributed by atoms with Gasteiger partial charge in [-0.1, -0.05) is 29.8 Å². The molecule has 1 saturated heterocycles. The number of imidazole rings is 1. The van der Waals surface area contributed by atoms with Crippen molar-refractivity contribution >= 4 is 17.1 Å². The Bertz CT molecular complexity index is 1420. The molecule has 2 amide bonds. The van der Waals surface area contributed by atoms with Gasteiger partial charge in [-0.3, -0.25) is 0 Å². The highest BCUT2D eigenvalue weighted by Gasteiger charge is 2.29. The molecule has 0 unspecified atom stereocenters. The summed E-state index contributed by atoms with van der Waals surface area (Å²) in [5.74, 6) is 2.65. The number of aryl methyl sites for hydroxylation is 2. The summed E-state index contributed by atoms with van der Waals surface area (Å²) >= 11 is 0. The van der Waals surface area contributed by atoms with E-state index in [-0.39, 0.29) is 12.1 Å². The molecule has 1 N–H and O–H groups in total. The van der Waals surface area contributed by atoms with E-state index in [2.05, 4.69) is 53.3 Å². The fourth-order valence-electron chi connectivity index (χ4n) is 5.23. The molecule has 3 aromatic carbocycles. The molecule has 1 fully saturated rings. The molecular weight excluding hydrogens is 464 g/mol. The Balaban J connectivity index is 1.13. The van der Waals surface area contributed by atoms with Crippen LogP contribution in [-0.2, 0) is 6.54 Å². The number of hydrogen-bond donors (Lipinski definition) is 1. The summed E-state index contributed by atoms with van der Waals surface area (Å²) in [5.41, 5.74) is 6.44. The van der Waals surface area contributed by atoms with Crippen LogP contribution in [0.2, 0.25) is 0 Å². The van der Waals surface area contributed by atoms with E-state index in [1.807, 2.05) is 41.0 Å². The van der Waals surface area contributed by atoms with Gasteiger partial charge < -0.3 is 24.3 Å². The minimum Gasteiger partial charge on any atom is -0.491 e.